The molecule has 2 aromatic rings. The molecule has 0 aliphatic carbocycles. The lowest BCUT2D eigenvalue weighted by molar-refractivity contribution is 0.413. The standard InChI is InChI=1S/C13H17N3O/c1-17-13-4-2-3-11(7-13)12(8-14)9-16-6-5-15-10-16/h2-7,10,12H,8-9,14H2,1H3. The molecule has 1 unspecified atom stereocenters. The Balaban J connectivity index is 2.16. The van der Waals surface area contributed by atoms with Crippen molar-refractivity contribution in [3.05, 3.63) is 48.5 Å². The molecule has 90 valence electrons. The largest absolute Gasteiger partial charge is 0.497 e. The molecule has 0 bridgehead atoms. The van der Waals surface area contributed by atoms with E-state index in [4.69, 9.17) is 10.5 Å². The van der Waals surface area contributed by atoms with Crippen molar-refractivity contribution in [2.45, 2.75) is 12.5 Å². The smallest absolute Gasteiger partial charge is 0.119 e. The second-order valence-electron chi connectivity index (χ2n) is 3.97. The van der Waals surface area contributed by atoms with Gasteiger partial charge < -0.3 is 15.0 Å². The highest BCUT2D eigenvalue weighted by atomic mass is 16.5. The number of methoxy groups -OCH3 is 1. The zero-order chi connectivity index (χ0) is 12.1. The van der Waals surface area contributed by atoms with Crippen molar-refractivity contribution in [2.75, 3.05) is 13.7 Å². The fraction of sp³-hybridized carbons (Fsp3) is 0.308. The lowest BCUT2D eigenvalue weighted by atomic mass is 9.99. The molecule has 2 N–H and O–H groups in total. The van der Waals surface area contributed by atoms with Gasteiger partial charge in [0.1, 0.15) is 5.75 Å². The maximum atomic E-state index is 5.84. The van der Waals surface area contributed by atoms with Crippen molar-refractivity contribution in [3.63, 3.8) is 0 Å². The van der Waals surface area contributed by atoms with E-state index in [0.29, 0.717) is 6.54 Å². The second-order valence-corrected chi connectivity index (χ2v) is 3.97. The van der Waals surface area contributed by atoms with Gasteiger partial charge in [0.15, 0.2) is 0 Å². The number of aromatic nitrogens is 2. The number of imidazole rings is 1. The minimum Gasteiger partial charge on any atom is -0.497 e. The fourth-order valence-electron chi connectivity index (χ4n) is 1.86. The van der Waals surface area contributed by atoms with E-state index in [1.807, 2.05) is 35.3 Å². The Morgan fingerprint density at radius 1 is 1.47 bits per heavy atom. The molecule has 4 nitrogen and oxygen atoms in total. The van der Waals surface area contributed by atoms with Crippen molar-refractivity contribution in [1.82, 2.24) is 9.55 Å². The molecule has 1 aromatic carbocycles. The molecule has 0 fully saturated rings. The predicted octanol–water partition coefficient (Wildman–Crippen LogP) is 1.63. The van der Waals surface area contributed by atoms with Crippen LogP contribution in [0.25, 0.3) is 0 Å². The van der Waals surface area contributed by atoms with E-state index in [2.05, 4.69) is 11.1 Å². The first-order valence-corrected chi connectivity index (χ1v) is 5.63. The summed E-state index contributed by atoms with van der Waals surface area (Å²) < 4.78 is 7.26. The molecule has 17 heavy (non-hydrogen) atoms. The van der Waals surface area contributed by atoms with Crippen LogP contribution in [-0.2, 0) is 6.54 Å². The lowest BCUT2D eigenvalue weighted by Crippen LogP contribution is -2.17. The van der Waals surface area contributed by atoms with Gasteiger partial charge in [0.05, 0.1) is 13.4 Å². The number of ether oxygens (including phenoxy) is 1. The van der Waals surface area contributed by atoms with E-state index in [1.165, 1.54) is 5.56 Å². The highest BCUT2D eigenvalue weighted by molar-refractivity contribution is 5.31. The van der Waals surface area contributed by atoms with Gasteiger partial charge in [-0.15, -0.1) is 0 Å². The molecule has 1 heterocycles. The molecule has 2 rings (SSSR count). The van der Waals surface area contributed by atoms with Crippen LogP contribution in [0.3, 0.4) is 0 Å². The van der Waals surface area contributed by atoms with E-state index >= 15 is 0 Å². The third kappa shape index (κ3) is 2.85. The number of benzene rings is 1. The number of nitrogens with zero attached hydrogens (tertiary/aromatic N) is 2. The van der Waals surface area contributed by atoms with Gasteiger partial charge in [-0.1, -0.05) is 12.1 Å². The second kappa shape index (κ2) is 5.50. The number of nitrogens with two attached hydrogens (primary N) is 1. The van der Waals surface area contributed by atoms with Gasteiger partial charge in [-0.05, 0) is 17.7 Å². The van der Waals surface area contributed by atoms with Crippen LogP contribution in [0.1, 0.15) is 11.5 Å². The van der Waals surface area contributed by atoms with Crippen LogP contribution in [-0.4, -0.2) is 23.2 Å². The van der Waals surface area contributed by atoms with Gasteiger partial charge in [-0.2, -0.15) is 0 Å². The van der Waals surface area contributed by atoms with Crippen LogP contribution < -0.4 is 10.5 Å². The Kier molecular flexibility index (Phi) is 3.77. The van der Waals surface area contributed by atoms with Crippen LogP contribution in [0.2, 0.25) is 0 Å². The first kappa shape index (κ1) is 11.7. The zero-order valence-corrected chi connectivity index (χ0v) is 9.91. The Labute approximate surface area is 101 Å². The molecule has 4 heteroatoms. The summed E-state index contributed by atoms with van der Waals surface area (Å²) in [5.41, 5.74) is 7.03. The van der Waals surface area contributed by atoms with Crippen molar-refractivity contribution in [1.29, 1.82) is 0 Å². The molecule has 0 amide bonds. The lowest BCUT2D eigenvalue weighted by Gasteiger charge is -2.16. The summed E-state index contributed by atoms with van der Waals surface area (Å²) >= 11 is 0. The maximum Gasteiger partial charge on any atom is 0.119 e. The third-order valence-electron chi connectivity index (χ3n) is 2.84. The van der Waals surface area contributed by atoms with Gasteiger partial charge in [0.2, 0.25) is 0 Å². The highest BCUT2D eigenvalue weighted by Crippen LogP contribution is 2.21. The molecule has 1 aromatic heterocycles. The first-order valence-electron chi connectivity index (χ1n) is 5.63. The van der Waals surface area contributed by atoms with Crippen molar-refractivity contribution in [2.24, 2.45) is 5.73 Å². The molecule has 0 aliphatic heterocycles. The molecule has 0 aliphatic rings. The molecule has 0 saturated carbocycles. The van der Waals surface area contributed by atoms with E-state index < -0.39 is 0 Å². The summed E-state index contributed by atoms with van der Waals surface area (Å²) in [6.45, 7) is 1.44. The Bertz CT molecular complexity index is 453. The predicted molar refractivity (Wildman–Crippen MR) is 67.0 cm³/mol. The van der Waals surface area contributed by atoms with Gasteiger partial charge in [0.25, 0.3) is 0 Å². The van der Waals surface area contributed by atoms with Gasteiger partial charge in [-0.25, -0.2) is 4.98 Å². The zero-order valence-electron chi connectivity index (χ0n) is 9.91. The summed E-state index contributed by atoms with van der Waals surface area (Å²) in [7, 11) is 1.67. The Morgan fingerprint density at radius 3 is 3.00 bits per heavy atom. The summed E-state index contributed by atoms with van der Waals surface area (Å²) in [6.07, 6.45) is 5.53. The Hall–Kier alpha value is -1.81. The number of hydrogen-bond donors (Lipinski definition) is 1. The van der Waals surface area contributed by atoms with Crippen molar-refractivity contribution >= 4 is 0 Å². The molecular weight excluding hydrogens is 214 g/mol. The van der Waals surface area contributed by atoms with Crippen LogP contribution in [0.4, 0.5) is 0 Å². The number of rotatable bonds is 5. The van der Waals surface area contributed by atoms with E-state index in [9.17, 15) is 0 Å². The topological polar surface area (TPSA) is 53.1 Å². The van der Waals surface area contributed by atoms with Gasteiger partial charge in [0, 0.05) is 31.4 Å². The van der Waals surface area contributed by atoms with Crippen molar-refractivity contribution < 1.29 is 4.74 Å². The summed E-state index contributed by atoms with van der Waals surface area (Å²) in [4.78, 5) is 4.03. The van der Waals surface area contributed by atoms with E-state index in [0.717, 1.165) is 12.3 Å². The van der Waals surface area contributed by atoms with Crippen molar-refractivity contribution in [3.8, 4) is 5.75 Å². The normalized spacial score (nSPS) is 12.4. The monoisotopic (exact) mass is 231 g/mol. The summed E-state index contributed by atoms with van der Waals surface area (Å²) in [5.74, 6) is 1.14. The van der Waals surface area contributed by atoms with Gasteiger partial charge in [-0.3, -0.25) is 0 Å². The van der Waals surface area contributed by atoms with Crippen LogP contribution in [0.15, 0.2) is 43.0 Å². The Morgan fingerprint density at radius 2 is 2.35 bits per heavy atom. The molecule has 0 saturated heterocycles. The number of hydrogen-bond acceptors (Lipinski definition) is 3. The van der Waals surface area contributed by atoms with Crippen LogP contribution >= 0.6 is 0 Å². The molecule has 0 spiro atoms. The van der Waals surface area contributed by atoms with Crippen LogP contribution in [0, 0.1) is 0 Å². The minimum atomic E-state index is 0.277. The summed E-state index contributed by atoms with van der Waals surface area (Å²) in [6, 6.07) is 8.05. The highest BCUT2D eigenvalue weighted by Gasteiger charge is 2.11. The third-order valence-corrected chi connectivity index (χ3v) is 2.84. The molecule has 1 atom stereocenters. The SMILES string of the molecule is COc1cccc(C(CN)Cn2ccnc2)c1. The quantitative estimate of drug-likeness (QED) is 0.851. The van der Waals surface area contributed by atoms with Gasteiger partial charge >= 0.3 is 0 Å². The summed E-state index contributed by atoms with van der Waals surface area (Å²) in [5, 5.41) is 0. The van der Waals surface area contributed by atoms with E-state index in [1.54, 1.807) is 13.3 Å². The van der Waals surface area contributed by atoms with E-state index in [-0.39, 0.29) is 5.92 Å². The molecule has 0 radical (unpaired) electrons. The molecular formula is C13H17N3O. The average Bonchev–Trinajstić information content (AvgIpc) is 2.89. The first-order chi connectivity index (χ1) is 8.33. The van der Waals surface area contributed by atoms with Crippen LogP contribution in [0.5, 0.6) is 5.75 Å². The average molecular weight is 231 g/mol. The minimum absolute atomic E-state index is 0.277. The fourth-order valence-corrected chi connectivity index (χ4v) is 1.86. The maximum absolute atomic E-state index is 5.84.